The number of hydrogen-bond acceptors (Lipinski definition) is 3. The van der Waals surface area contributed by atoms with E-state index in [2.05, 4.69) is 228 Å². The van der Waals surface area contributed by atoms with E-state index in [4.69, 9.17) is 0 Å². The van der Waals surface area contributed by atoms with Crippen LogP contribution in [-0.2, 0) is 17.3 Å². The minimum absolute atomic E-state index is 0.0118. The Morgan fingerprint density at radius 1 is 0.475 bits per heavy atom. The van der Waals surface area contributed by atoms with Gasteiger partial charge in [-0.15, -0.1) is 0 Å². The maximum atomic E-state index is 2.57. The number of aryl methyl sites for hydroxylation is 2. The van der Waals surface area contributed by atoms with Gasteiger partial charge in [-0.05, 0) is 148 Å². The molecule has 9 rings (SSSR count). The molecule has 0 aliphatic carbocycles. The van der Waals surface area contributed by atoms with Crippen molar-refractivity contribution in [1.29, 1.82) is 0 Å². The van der Waals surface area contributed by atoms with Crippen molar-refractivity contribution >= 4 is 74.3 Å². The second-order valence-electron chi connectivity index (χ2n) is 19.4. The summed E-state index contributed by atoms with van der Waals surface area (Å²) in [7, 11) is 0. The van der Waals surface area contributed by atoms with Crippen LogP contribution in [0, 0.1) is 6.92 Å². The van der Waals surface area contributed by atoms with Crippen LogP contribution < -0.4 is 31.1 Å². The summed E-state index contributed by atoms with van der Waals surface area (Å²) in [5.74, 6) is 0. The lowest BCUT2D eigenvalue weighted by atomic mass is 9.33. The fraction of sp³-hybridized carbons (Fsp3) is 0.263. The van der Waals surface area contributed by atoms with Crippen LogP contribution in [0.1, 0.15) is 96.4 Å². The monoisotopic (exact) mass is 797 g/mol. The number of anilines is 9. The number of hydrogen-bond donors (Lipinski definition) is 0. The fourth-order valence-corrected chi connectivity index (χ4v) is 9.56. The Hall–Kier alpha value is -6.00. The highest BCUT2D eigenvalue weighted by molar-refractivity contribution is 7.00. The summed E-state index contributed by atoms with van der Waals surface area (Å²) in [6.07, 6.45) is 6.18. The van der Waals surface area contributed by atoms with Crippen molar-refractivity contribution < 1.29 is 0 Å². The van der Waals surface area contributed by atoms with Gasteiger partial charge in [0.05, 0.1) is 0 Å². The number of benzene rings is 7. The molecule has 0 spiro atoms. The highest BCUT2D eigenvalue weighted by Gasteiger charge is 2.44. The van der Waals surface area contributed by atoms with Gasteiger partial charge in [0.15, 0.2) is 0 Å². The van der Waals surface area contributed by atoms with Crippen LogP contribution in [0.3, 0.4) is 0 Å². The van der Waals surface area contributed by atoms with Gasteiger partial charge >= 0.3 is 0 Å². The Kier molecular flexibility index (Phi) is 10.7. The van der Waals surface area contributed by atoms with E-state index in [0.29, 0.717) is 0 Å². The van der Waals surface area contributed by atoms with E-state index in [1.54, 1.807) is 0 Å². The topological polar surface area (TPSA) is 9.72 Å². The minimum atomic E-state index is -0.0118. The van der Waals surface area contributed by atoms with E-state index in [9.17, 15) is 0 Å². The van der Waals surface area contributed by atoms with Crippen molar-refractivity contribution in [3.63, 3.8) is 0 Å². The maximum Gasteiger partial charge on any atom is 0.252 e. The Bertz CT molecular complexity index is 2610. The first-order valence-electron chi connectivity index (χ1n) is 22.5. The zero-order valence-corrected chi connectivity index (χ0v) is 37.5. The molecule has 2 aliphatic rings. The zero-order valence-electron chi connectivity index (χ0n) is 37.5. The first-order chi connectivity index (χ1) is 29.4. The Morgan fingerprint density at radius 3 is 1.61 bits per heavy atom. The number of fused-ring (bicyclic) bond motifs is 4. The fourth-order valence-electron chi connectivity index (χ4n) is 9.56. The number of nitrogens with zero attached hydrogens (tertiary/aromatic N) is 3. The lowest BCUT2D eigenvalue weighted by Crippen LogP contribution is -2.61. The maximum absolute atomic E-state index is 2.57. The molecule has 0 radical (unpaired) electrons. The molecule has 0 aromatic heterocycles. The quantitative estimate of drug-likeness (QED) is 0.101. The van der Waals surface area contributed by atoms with E-state index in [1.165, 1.54) is 98.4 Å². The summed E-state index contributed by atoms with van der Waals surface area (Å²) < 4.78 is 0. The predicted molar refractivity (Wildman–Crippen MR) is 265 cm³/mol. The highest BCUT2D eigenvalue weighted by Crippen LogP contribution is 2.47. The van der Waals surface area contributed by atoms with Crippen LogP contribution in [0.2, 0.25) is 0 Å². The molecule has 2 heterocycles. The molecule has 0 amide bonds. The van der Waals surface area contributed by atoms with Crippen molar-refractivity contribution in [2.75, 3.05) is 14.7 Å². The summed E-state index contributed by atoms with van der Waals surface area (Å²) >= 11 is 0. The van der Waals surface area contributed by atoms with Crippen molar-refractivity contribution in [2.24, 2.45) is 0 Å². The lowest BCUT2D eigenvalue weighted by Gasteiger charge is -2.45. The average Bonchev–Trinajstić information content (AvgIpc) is 3.25. The van der Waals surface area contributed by atoms with Crippen LogP contribution >= 0.6 is 0 Å². The first kappa shape index (κ1) is 40.4. The number of unbranched alkanes of at least 4 members (excludes halogenated alkanes) is 3. The average molecular weight is 798 g/mol. The van der Waals surface area contributed by atoms with Crippen molar-refractivity contribution in [3.05, 3.63) is 180 Å². The number of para-hydroxylation sites is 2. The van der Waals surface area contributed by atoms with E-state index in [0.717, 1.165) is 23.5 Å². The summed E-state index contributed by atoms with van der Waals surface area (Å²) in [6, 6.07) is 59.7. The molecule has 61 heavy (non-hydrogen) atoms. The Balaban J connectivity index is 1.30. The Morgan fingerprint density at radius 2 is 1.03 bits per heavy atom. The van der Waals surface area contributed by atoms with E-state index in [-0.39, 0.29) is 17.5 Å². The van der Waals surface area contributed by atoms with Gasteiger partial charge in [0.25, 0.3) is 6.71 Å². The summed E-state index contributed by atoms with van der Waals surface area (Å²) in [5, 5.41) is 0. The molecule has 0 saturated heterocycles. The van der Waals surface area contributed by atoms with Crippen molar-refractivity contribution in [3.8, 4) is 0 Å². The molecule has 0 atom stereocenters. The highest BCUT2D eigenvalue weighted by atomic mass is 15.2. The van der Waals surface area contributed by atoms with E-state index >= 15 is 0 Å². The third-order valence-corrected chi connectivity index (χ3v) is 12.9. The molecule has 0 bridgehead atoms. The van der Waals surface area contributed by atoms with E-state index < -0.39 is 0 Å². The van der Waals surface area contributed by atoms with Crippen molar-refractivity contribution in [1.82, 2.24) is 0 Å². The molecule has 2 aliphatic heterocycles. The summed E-state index contributed by atoms with van der Waals surface area (Å²) in [5.41, 5.74) is 20.1. The molecular weight excluding hydrogens is 737 g/mol. The third-order valence-electron chi connectivity index (χ3n) is 12.9. The van der Waals surface area contributed by atoms with Gasteiger partial charge in [-0.3, -0.25) is 0 Å². The van der Waals surface area contributed by atoms with Crippen molar-refractivity contribution in [2.45, 2.75) is 98.3 Å². The van der Waals surface area contributed by atoms with Crippen LogP contribution in [0.4, 0.5) is 51.2 Å². The van der Waals surface area contributed by atoms with Gasteiger partial charge in [-0.2, -0.15) is 0 Å². The normalized spacial score (nSPS) is 13.1. The third kappa shape index (κ3) is 7.67. The lowest BCUT2D eigenvalue weighted by molar-refractivity contribution is 0.590. The minimum Gasteiger partial charge on any atom is -0.311 e. The molecule has 3 nitrogen and oxygen atoms in total. The summed E-state index contributed by atoms with van der Waals surface area (Å²) in [6.45, 7) is 18.5. The van der Waals surface area contributed by atoms with Crippen LogP contribution in [0.25, 0.3) is 0 Å². The molecule has 4 heteroatoms. The van der Waals surface area contributed by atoms with Gasteiger partial charge in [0, 0.05) is 51.2 Å². The second kappa shape index (κ2) is 16.1. The molecule has 0 unspecified atom stereocenters. The standard InChI is InChI=1S/C57H60BN3/c1-9-10-11-14-19-41-24-29-46(30-25-41)61-52-39-48(59(44-20-15-12-16-21-44)45-22-17-13-18-23-45)33-34-49(52)58-50-38-43(57(6,7)8)28-35-51(50)60(53-36-40(2)37-54(61)55(53)58)47-31-26-42(27-32-47)56(3,4)5/h12-13,15-18,20-39H,9-11,14,19H2,1-8H3. The molecule has 7 aromatic carbocycles. The van der Waals surface area contributed by atoms with Gasteiger partial charge in [-0.1, -0.05) is 147 Å². The van der Waals surface area contributed by atoms with Gasteiger partial charge in [0.1, 0.15) is 0 Å². The molecule has 0 N–H and O–H groups in total. The SMILES string of the molecule is CCCCCCc1ccc(N2c3cc(N(c4ccccc4)c4ccccc4)ccc3B3c4cc(C(C)(C)C)ccc4N(c4ccc(C(C)(C)C)cc4)c4cc(C)cc2c43)cc1. The molecule has 0 saturated carbocycles. The number of rotatable bonds is 10. The second-order valence-corrected chi connectivity index (χ2v) is 19.4. The van der Waals surface area contributed by atoms with E-state index in [1.807, 2.05) is 0 Å². The predicted octanol–water partition coefficient (Wildman–Crippen LogP) is 14.3. The first-order valence-corrected chi connectivity index (χ1v) is 22.5. The largest absolute Gasteiger partial charge is 0.311 e. The van der Waals surface area contributed by atoms with Crippen LogP contribution in [0.15, 0.2) is 158 Å². The van der Waals surface area contributed by atoms with Gasteiger partial charge < -0.3 is 14.7 Å². The van der Waals surface area contributed by atoms with Crippen LogP contribution in [0.5, 0.6) is 0 Å². The zero-order chi connectivity index (χ0) is 42.5. The molecule has 306 valence electrons. The smallest absolute Gasteiger partial charge is 0.252 e. The molecular formula is C57H60BN3. The van der Waals surface area contributed by atoms with Crippen LogP contribution in [-0.4, -0.2) is 6.71 Å². The summed E-state index contributed by atoms with van der Waals surface area (Å²) in [4.78, 5) is 7.50. The molecule has 0 fully saturated rings. The van der Waals surface area contributed by atoms with Gasteiger partial charge in [-0.25, -0.2) is 0 Å². The van der Waals surface area contributed by atoms with Gasteiger partial charge in [0.2, 0.25) is 0 Å². The molecule has 7 aromatic rings. The Labute approximate surface area is 365 Å².